The molecule has 2 heteroatoms. The minimum atomic E-state index is -0.140. The summed E-state index contributed by atoms with van der Waals surface area (Å²) in [5.74, 6) is 1.81. The lowest BCUT2D eigenvalue weighted by Gasteiger charge is -2.37. The van der Waals surface area contributed by atoms with Crippen molar-refractivity contribution in [3.8, 4) is 5.75 Å². The fourth-order valence-corrected chi connectivity index (χ4v) is 2.95. The third kappa shape index (κ3) is 2.86. The molecule has 1 aromatic carbocycles. The van der Waals surface area contributed by atoms with Crippen molar-refractivity contribution in [2.75, 3.05) is 6.61 Å². The van der Waals surface area contributed by atoms with Crippen LogP contribution in [0, 0.1) is 5.92 Å². The number of ether oxygens (including phenoxy) is 1. The summed E-state index contributed by atoms with van der Waals surface area (Å²) in [6.45, 7) is 5.00. The molecule has 2 nitrogen and oxygen atoms in total. The van der Waals surface area contributed by atoms with Crippen molar-refractivity contribution in [3.63, 3.8) is 0 Å². The van der Waals surface area contributed by atoms with Crippen molar-refractivity contribution in [3.05, 3.63) is 29.8 Å². The summed E-state index contributed by atoms with van der Waals surface area (Å²) >= 11 is 0. The van der Waals surface area contributed by atoms with Crippen molar-refractivity contribution < 1.29 is 4.74 Å². The second-order valence-corrected chi connectivity index (χ2v) is 5.47. The smallest absolute Gasteiger partial charge is 0.119 e. The van der Waals surface area contributed by atoms with E-state index in [0.717, 1.165) is 24.5 Å². The third-order valence-electron chi connectivity index (χ3n) is 4.29. The Balaban J connectivity index is 2.12. The maximum atomic E-state index is 6.61. The average molecular weight is 247 g/mol. The number of nitrogens with two attached hydrogens (primary N) is 1. The van der Waals surface area contributed by atoms with E-state index < -0.39 is 0 Å². The lowest BCUT2D eigenvalue weighted by atomic mass is 9.73. The molecule has 0 atom stereocenters. The standard InChI is InChI=1S/C16H25NO/c1-3-13-8-10-16(17,11-9-13)14-6-5-7-15(12-14)18-4-2/h5-7,12-13H,3-4,8-11,17H2,1-2H3. The highest BCUT2D eigenvalue weighted by Crippen LogP contribution is 2.39. The molecule has 18 heavy (non-hydrogen) atoms. The van der Waals surface area contributed by atoms with Crippen molar-refractivity contribution in [2.24, 2.45) is 11.7 Å². The lowest BCUT2D eigenvalue weighted by Crippen LogP contribution is -2.40. The molecule has 2 N–H and O–H groups in total. The van der Waals surface area contributed by atoms with Crippen LogP contribution in [0.15, 0.2) is 24.3 Å². The fraction of sp³-hybridized carbons (Fsp3) is 0.625. The number of benzene rings is 1. The van der Waals surface area contributed by atoms with Gasteiger partial charge in [0, 0.05) is 5.54 Å². The Kier molecular flexibility index (Phi) is 4.28. The minimum Gasteiger partial charge on any atom is -0.494 e. The Labute approximate surface area is 111 Å². The molecule has 0 aromatic heterocycles. The van der Waals surface area contributed by atoms with Gasteiger partial charge < -0.3 is 10.5 Å². The molecule has 1 aliphatic carbocycles. The molecular formula is C16H25NO. The van der Waals surface area contributed by atoms with Crippen LogP contribution in [0.1, 0.15) is 51.5 Å². The van der Waals surface area contributed by atoms with E-state index in [1.54, 1.807) is 0 Å². The van der Waals surface area contributed by atoms with Gasteiger partial charge in [0.05, 0.1) is 6.61 Å². The monoisotopic (exact) mass is 247 g/mol. The van der Waals surface area contributed by atoms with Crippen molar-refractivity contribution in [1.82, 2.24) is 0 Å². The van der Waals surface area contributed by atoms with E-state index in [1.807, 2.05) is 13.0 Å². The van der Waals surface area contributed by atoms with Crippen molar-refractivity contribution in [1.29, 1.82) is 0 Å². The van der Waals surface area contributed by atoms with Gasteiger partial charge in [-0.25, -0.2) is 0 Å². The summed E-state index contributed by atoms with van der Waals surface area (Å²) < 4.78 is 5.57. The normalized spacial score (nSPS) is 28.1. The van der Waals surface area contributed by atoms with E-state index in [-0.39, 0.29) is 5.54 Å². The SMILES string of the molecule is CCOc1cccc(C2(N)CCC(CC)CC2)c1. The first-order chi connectivity index (χ1) is 8.68. The topological polar surface area (TPSA) is 35.2 Å². The second-order valence-electron chi connectivity index (χ2n) is 5.47. The van der Waals surface area contributed by atoms with Crippen LogP contribution >= 0.6 is 0 Å². The second kappa shape index (κ2) is 5.75. The van der Waals surface area contributed by atoms with Gasteiger partial charge in [0.2, 0.25) is 0 Å². The molecule has 1 aliphatic rings. The molecule has 1 saturated carbocycles. The van der Waals surface area contributed by atoms with Gasteiger partial charge in [-0.05, 0) is 56.2 Å². The first-order valence-electron chi connectivity index (χ1n) is 7.20. The molecular weight excluding hydrogens is 222 g/mol. The lowest BCUT2D eigenvalue weighted by molar-refractivity contribution is 0.231. The van der Waals surface area contributed by atoms with Crippen LogP contribution in [0.3, 0.4) is 0 Å². The van der Waals surface area contributed by atoms with Gasteiger partial charge in [-0.1, -0.05) is 25.5 Å². The predicted molar refractivity (Wildman–Crippen MR) is 75.7 cm³/mol. The molecule has 1 fully saturated rings. The predicted octanol–water partition coefficient (Wildman–Crippen LogP) is 3.84. The Morgan fingerprint density at radius 2 is 2.00 bits per heavy atom. The molecule has 0 unspecified atom stereocenters. The molecule has 1 aromatic rings. The molecule has 0 spiro atoms. The molecule has 0 saturated heterocycles. The highest BCUT2D eigenvalue weighted by atomic mass is 16.5. The zero-order chi connectivity index (χ0) is 13.0. The van der Waals surface area contributed by atoms with Crippen molar-refractivity contribution >= 4 is 0 Å². The van der Waals surface area contributed by atoms with Crippen LogP contribution in [-0.4, -0.2) is 6.61 Å². The molecule has 0 bridgehead atoms. The number of hydrogen-bond donors (Lipinski definition) is 1. The van der Waals surface area contributed by atoms with E-state index in [0.29, 0.717) is 6.61 Å². The van der Waals surface area contributed by atoms with E-state index in [1.165, 1.54) is 24.8 Å². The van der Waals surface area contributed by atoms with Crippen molar-refractivity contribution in [2.45, 2.75) is 51.5 Å². The maximum absolute atomic E-state index is 6.61. The van der Waals surface area contributed by atoms with E-state index in [4.69, 9.17) is 10.5 Å². The minimum absolute atomic E-state index is 0.140. The van der Waals surface area contributed by atoms with Crippen LogP contribution in [-0.2, 0) is 5.54 Å². The third-order valence-corrected chi connectivity index (χ3v) is 4.29. The first-order valence-corrected chi connectivity index (χ1v) is 7.20. The summed E-state index contributed by atoms with van der Waals surface area (Å²) in [6.07, 6.45) is 6.00. The molecule has 0 heterocycles. The van der Waals surface area contributed by atoms with Crippen LogP contribution in [0.5, 0.6) is 5.75 Å². The maximum Gasteiger partial charge on any atom is 0.119 e. The Hall–Kier alpha value is -1.02. The first kappa shape index (κ1) is 13.4. The van der Waals surface area contributed by atoms with E-state index in [2.05, 4.69) is 25.1 Å². The molecule has 0 amide bonds. The molecule has 0 radical (unpaired) electrons. The summed E-state index contributed by atoms with van der Waals surface area (Å²) in [6, 6.07) is 8.33. The number of hydrogen-bond acceptors (Lipinski definition) is 2. The zero-order valence-electron chi connectivity index (χ0n) is 11.6. The summed E-state index contributed by atoms with van der Waals surface area (Å²) in [4.78, 5) is 0. The highest BCUT2D eigenvalue weighted by molar-refractivity contribution is 5.33. The van der Waals surface area contributed by atoms with Gasteiger partial charge in [-0.3, -0.25) is 0 Å². The van der Waals surface area contributed by atoms with Gasteiger partial charge >= 0.3 is 0 Å². The summed E-state index contributed by atoms with van der Waals surface area (Å²) in [5.41, 5.74) is 7.71. The van der Waals surface area contributed by atoms with Crippen LogP contribution in [0.4, 0.5) is 0 Å². The molecule has 100 valence electrons. The van der Waals surface area contributed by atoms with Gasteiger partial charge in [-0.15, -0.1) is 0 Å². The largest absolute Gasteiger partial charge is 0.494 e. The number of rotatable bonds is 4. The van der Waals surface area contributed by atoms with E-state index >= 15 is 0 Å². The quantitative estimate of drug-likeness (QED) is 0.877. The molecule has 2 rings (SSSR count). The van der Waals surface area contributed by atoms with Gasteiger partial charge in [0.1, 0.15) is 5.75 Å². The Morgan fingerprint density at radius 1 is 1.28 bits per heavy atom. The van der Waals surface area contributed by atoms with Crippen LogP contribution in [0.2, 0.25) is 0 Å². The van der Waals surface area contributed by atoms with Gasteiger partial charge in [0.25, 0.3) is 0 Å². The van der Waals surface area contributed by atoms with E-state index in [9.17, 15) is 0 Å². The Bertz CT molecular complexity index is 380. The van der Waals surface area contributed by atoms with Crippen LogP contribution in [0.25, 0.3) is 0 Å². The van der Waals surface area contributed by atoms with Gasteiger partial charge in [-0.2, -0.15) is 0 Å². The van der Waals surface area contributed by atoms with Gasteiger partial charge in [0.15, 0.2) is 0 Å². The Morgan fingerprint density at radius 3 is 2.61 bits per heavy atom. The molecule has 0 aliphatic heterocycles. The van der Waals surface area contributed by atoms with Crippen LogP contribution < -0.4 is 10.5 Å². The fourth-order valence-electron chi connectivity index (χ4n) is 2.95. The highest BCUT2D eigenvalue weighted by Gasteiger charge is 2.32. The average Bonchev–Trinajstić information content (AvgIpc) is 2.40. The summed E-state index contributed by atoms with van der Waals surface area (Å²) in [7, 11) is 0. The zero-order valence-corrected chi connectivity index (χ0v) is 11.6. The summed E-state index contributed by atoms with van der Waals surface area (Å²) in [5, 5.41) is 0.